The summed E-state index contributed by atoms with van der Waals surface area (Å²) in [5.74, 6) is 0.446. The van der Waals surface area contributed by atoms with Crippen molar-refractivity contribution in [2.45, 2.75) is 65.1 Å². The number of anilines is 2. The van der Waals surface area contributed by atoms with Crippen molar-refractivity contribution in [1.29, 1.82) is 5.41 Å². The fourth-order valence-electron chi connectivity index (χ4n) is 5.68. The Morgan fingerprint density at radius 1 is 1.18 bits per heavy atom. The second-order valence-electron chi connectivity index (χ2n) is 11.1. The lowest BCUT2D eigenvalue weighted by atomic mass is 9.92. The van der Waals surface area contributed by atoms with Crippen LogP contribution in [0.3, 0.4) is 0 Å². The van der Waals surface area contributed by atoms with Gasteiger partial charge in [0.2, 0.25) is 0 Å². The second-order valence-corrected chi connectivity index (χ2v) is 11.5. The molecule has 200 valence electrons. The summed E-state index contributed by atoms with van der Waals surface area (Å²) in [6.07, 6.45) is 2.55. The summed E-state index contributed by atoms with van der Waals surface area (Å²) in [6.45, 7) is 10.3. The van der Waals surface area contributed by atoms with Crippen LogP contribution in [0.15, 0.2) is 18.2 Å². The van der Waals surface area contributed by atoms with Crippen LogP contribution in [0.25, 0.3) is 22.0 Å². The molecule has 1 aromatic heterocycles. The topological polar surface area (TPSA) is 108 Å². The molecular weight excluding hydrogens is 507 g/mol. The highest BCUT2D eigenvalue weighted by Crippen LogP contribution is 2.42. The molecule has 5 rings (SSSR count). The van der Waals surface area contributed by atoms with Gasteiger partial charge in [-0.3, -0.25) is 4.90 Å². The quantitative estimate of drug-likeness (QED) is 0.319. The molecule has 38 heavy (non-hydrogen) atoms. The van der Waals surface area contributed by atoms with Gasteiger partial charge in [-0.05, 0) is 70.7 Å². The van der Waals surface area contributed by atoms with Gasteiger partial charge in [0.15, 0.2) is 5.82 Å². The van der Waals surface area contributed by atoms with E-state index in [0.29, 0.717) is 46.9 Å². The Kier molecular flexibility index (Phi) is 6.46. The van der Waals surface area contributed by atoms with E-state index >= 15 is 4.39 Å². The van der Waals surface area contributed by atoms with Crippen LogP contribution in [0, 0.1) is 25.1 Å². The van der Waals surface area contributed by atoms with Crippen molar-refractivity contribution in [3.8, 4) is 11.1 Å². The monoisotopic (exact) mass is 538 g/mol. The molecule has 2 aromatic carbocycles. The smallest absolute Gasteiger partial charge is 0.410 e. The molecular formula is C28H32ClFN6O2. The van der Waals surface area contributed by atoms with Crippen molar-refractivity contribution < 1.29 is 13.9 Å². The number of hydrogen-bond donors (Lipinski definition) is 2. The molecule has 2 atom stereocenters. The maximum atomic E-state index is 16.3. The fourth-order valence-corrected chi connectivity index (χ4v) is 5.97. The van der Waals surface area contributed by atoms with Crippen LogP contribution in [0.1, 0.15) is 50.6 Å². The van der Waals surface area contributed by atoms with Gasteiger partial charge < -0.3 is 20.8 Å². The number of piperazine rings is 1. The van der Waals surface area contributed by atoms with Gasteiger partial charge in [-0.25, -0.2) is 19.2 Å². The molecule has 2 aliphatic rings. The number of nitrogens with one attached hydrogen (secondary N) is 1. The zero-order valence-electron chi connectivity index (χ0n) is 22.2. The summed E-state index contributed by atoms with van der Waals surface area (Å²) in [7, 11) is 0. The fraction of sp³-hybridized carbons (Fsp3) is 0.429. The number of carbonyl (C=O) groups excluding carboxylic acids is 1. The van der Waals surface area contributed by atoms with Gasteiger partial charge in [0.05, 0.1) is 17.1 Å². The van der Waals surface area contributed by atoms with Gasteiger partial charge in [0.25, 0.3) is 0 Å². The van der Waals surface area contributed by atoms with Crippen molar-refractivity contribution in [2.24, 2.45) is 0 Å². The lowest BCUT2D eigenvalue weighted by Gasteiger charge is -2.42. The third-order valence-electron chi connectivity index (χ3n) is 7.24. The second kappa shape index (κ2) is 9.38. The number of nitrogens with zero attached hydrogens (tertiary/aromatic N) is 4. The van der Waals surface area contributed by atoms with Crippen molar-refractivity contribution in [3.05, 3.63) is 46.0 Å². The number of benzene rings is 2. The van der Waals surface area contributed by atoms with Crippen molar-refractivity contribution in [3.63, 3.8) is 0 Å². The first kappa shape index (κ1) is 26.2. The first-order valence-corrected chi connectivity index (χ1v) is 13.1. The van der Waals surface area contributed by atoms with E-state index in [1.54, 1.807) is 25.1 Å². The summed E-state index contributed by atoms with van der Waals surface area (Å²) in [6, 6.07) is 5.12. The number of hydrogen-bond acceptors (Lipinski definition) is 7. The molecule has 0 saturated carbocycles. The lowest BCUT2D eigenvalue weighted by molar-refractivity contribution is 0.0123. The molecule has 2 fully saturated rings. The first-order chi connectivity index (χ1) is 17.9. The van der Waals surface area contributed by atoms with E-state index in [1.807, 2.05) is 32.6 Å². The van der Waals surface area contributed by atoms with Crippen molar-refractivity contribution in [1.82, 2.24) is 14.9 Å². The maximum absolute atomic E-state index is 16.3. The van der Waals surface area contributed by atoms with E-state index in [1.165, 1.54) is 0 Å². The zero-order chi connectivity index (χ0) is 27.5. The summed E-state index contributed by atoms with van der Waals surface area (Å²) in [5, 5.41) is 8.57. The predicted octanol–water partition coefficient (Wildman–Crippen LogP) is 5.87. The van der Waals surface area contributed by atoms with E-state index in [2.05, 4.69) is 9.88 Å². The van der Waals surface area contributed by atoms with Gasteiger partial charge in [0.1, 0.15) is 22.8 Å². The van der Waals surface area contributed by atoms with Crippen molar-refractivity contribution in [2.75, 3.05) is 23.7 Å². The molecule has 2 unspecified atom stereocenters. The highest BCUT2D eigenvalue weighted by Gasteiger charge is 2.45. The Morgan fingerprint density at radius 2 is 1.84 bits per heavy atom. The van der Waals surface area contributed by atoms with Gasteiger partial charge in [-0.15, -0.1) is 0 Å². The number of fused-ring (bicyclic) bond motifs is 3. The number of halogens is 2. The molecule has 10 heteroatoms. The molecule has 3 N–H and O–H groups in total. The first-order valence-electron chi connectivity index (χ1n) is 12.7. The molecule has 0 spiro atoms. The molecule has 3 heterocycles. The molecule has 3 aromatic rings. The normalized spacial score (nSPS) is 19.2. The zero-order valence-corrected chi connectivity index (χ0v) is 23.0. The van der Waals surface area contributed by atoms with E-state index in [0.717, 1.165) is 24.6 Å². The molecule has 2 bridgehead atoms. The average Bonchev–Trinajstić information content (AvgIpc) is 3.10. The number of nitrogen functional groups attached to an aromatic ring is 1. The van der Waals surface area contributed by atoms with E-state index < -0.39 is 11.4 Å². The number of ether oxygens (including phenoxy) is 1. The van der Waals surface area contributed by atoms with Crippen LogP contribution in [0.5, 0.6) is 0 Å². The molecule has 1 amide bonds. The molecule has 0 radical (unpaired) electrons. The number of rotatable bonds is 3. The third-order valence-corrected chi connectivity index (χ3v) is 7.54. The summed E-state index contributed by atoms with van der Waals surface area (Å²) in [5.41, 5.74) is 7.87. The Bertz CT molecular complexity index is 1460. The van der Waals surface area contributed by atoms with Gasteiger partial charge in [-0.2, -0.15) is 0 Å². The standard InChI is InChI=1S/C28H32ClFN6O2/c1-14-6-9-21(32)19(11-31)22(14)23-20(29)10-18-25(24(23)30)33-15(2)34-26(18)35-12-16-7-8-17(13-35)36(16)27(37)38-28(3,4)5/h6,9-11,16-17,31H,7-8,12-13,32H2,1-5H3. The highest BCUT2D eigenvalue weighted by atomic mass is 35.5. The van der Waals surface area contributed by atoms with Crippen LogP contribution >= 0.6 is 11.6 Å². The Balaban J connectivity index is 1.58. The largest absolute Gasteiger partial charge is 0.444 e. The number of aromatic nitrogens is 2. The summed E-state index contributed by atoms with van der Waals surface area (Å²) >= 11 is 6.74. The number of nitrogens with two attached hydrogens (primary N) is 1. The maximum Gasteiger partial charge on any atom is 0.410 e. The highest BCUT2D eigenvalue weighted by molar-refractivity contribution is 6.34. The van der Waals surface area contributed by atoms with Crippen molar-refractivity contribution >= 4 is 46.3 Å². The molecule has 8 nitrogen and oxygen atoms in total. The predicted molar refractivity (Wildman–Crippen MR) is 149 cm³/mol. The summed E-state index contributed by atoms with van der Waals surface area (Å²) < 4.78 is 21.9. The van der Waals surface area contributed by atoms with Gasteiger partial charge >= 0.3 is 6.09 Å². The van der Waals surface area contributed by atoms with Crippen LogP contribution in [0.2, 0.25) is 5.02 Å². The van der Waals surface area contributed by atoms with Gasteiger partial charge in [-0.1, -0.05) is 17.7 Å². The van der Waals surface area contributed by atoms with Gasteiger partial charge in [0, 0.05) is 41.5 Å². The third kappa shape index (κ3) is 4.42. The van der Waals surface area contributed by atoms with Crippen LogP contribution in [-0.4, -0.2) is 57.9 Å². The minimum atomic E-state index is -0.577. The van der Waals surface area contributed by atoms with E-state index in [4.69, 9.17) is 32.5 Å². The van der Waals surface area contributed by atoms with Crippen LogP contribution < -0.4 is 10.6 Å². The van der Waals surface area contributed by atoms with Crippen LogP contribution in [-0.2, 0) is 4.74 Å². The Morgan fingerprint density at radius 3 is 2.45 bits per heavy atom. The van der Waals surface area contributed by atoms with E-state index in [-0.39, 0.29) is 34.3 Å². The number of amides is 1. The number of aryl methyl sites for hydroxylation is 2. The Labute approximate surface area is 226 Å². The summed E-state index contributed by atoms with van der Waals surface area (Å²) in [4.78, 5) is 26.0. The molecule has 0 aliphatic carbocycles. The Hall–Kier alpha value is -3.46. The van der Waals surface area contributed by atoms with E-state index in [9.17, 15) is 4.79 Å². The minimum absolute atomic E-state index is 0.0291. The van der Waals surface area contributed by atoms with Crippen LogP contribution in [0.4, 0.5) is 20.7 Å². The minimum Gasteiger partial charge on any atom is -0.444 e. The average molecular weight is 539 g/mol. The molecule has 2 aliphatic heterocycles. The number of carbonyl (C=O) groups is 1. The SMILES string of the molecule is Cc1nc(N2CC3CCC(C2)N3C(=O)OC(C)(C)C)c2cc(Cl)c(-c3c(C)ccc(N)c3C=N)c(F)c2n1. The lowest BCUT2D eigenvalue weighted by Crippen LogP contribution is -2.57. The molecule has 2 saturated heterocycles.